The highest BCUT2D eigenvalue weighted by Crippen LogP contribution is 2.23. The Kier molecular flexibility index (Phi) is 6.98. The minimum absolute atomic E-state index is 0.184. The van der Waals surface area contributed by atoms with E-state index in [1.807, 2.05) is 43.3 Å². The second-order valence-electron chi connectivity index (χ2n) is 7.16. The van der Waals surface area contributed by atoms with Gasteiger partial charge in [-0.2, -0.15) is 0 Å². The van der Waals surface area contributed by atoms with Crippen LogP contribution in [0.3, 0.4) is 0 Å². The average Bonchev–Trinajstić information content (AvgIpc) is 3.00. The van der Waals surface area contributed by atoms with E-state index < -0.39 is 24.0 Å². The number of carbonyl (C=O) groups is 2. The van der Waals surface area contributed by atoms with Crippen LogP contribution in [0.1, 0.15) is 39.7 Å². The molecule has 4 atom stereocenters. The van der Waals surface area contributed by atoms with Gasteiger partial charge in [-0.15, -0.1) is 0 Å². The Labute approximate surface area is 155 Å². The number of hydrogen-bond acceptors (Lipinski definition) is 4. The third-order valence-electron chi connectivity index (χ3n) is 5.03. The van der Waals surface area contributed by atoms with Crippen molar-refractivity contribution >= 4 is 12.0 Å². The van der Waals surface area contributed by atoms with Crippen LogP contribution in [0.15, 0.2) is 42.0 Å². The Morgan fingerprint density at radius 2 is 2.00 bits per heavy atom. The van der Waals surface area contributed by atoms with E-state index in [4.69, 9.17) is 4.74 Å². The van der Waals surface area contributed by atoms with Gasteiger partial charge in [-0.25, -0.2) is 9.69 Å². The van der Waals surface area contributed by atoms with Crippen LogP contribution in [0.2, 0.25) is 0 Å². The zero-order chi connectivity index (χ0) is 19.3. The summed E-state index contributed by atoms with van der Waals surface area (Å²) < 4.78 is 5.11. The van der Waals surface area contributed by atoms with Crippen molar-refractivity contribution in [2.45, 2.75) is 52.7 Å². The first-order valence-corrected chi connectivity index (χ1v) is 9.25. The first kappa shape index (κ1) is 20.2. The highest BCUT2D eigenvalue weighted by molar-refractivity contribution is 5.95. The first-order chi connectivity index (χ1) is 12.3. The van der Waals surface area contributed by atoms with Gasteiger partial charge >= 0.3 is 6.09 Å². The number of hydrogen-bond donors (Lipinski definition) is 1. The van der Waals surface area contributed by atoms with E-state index in [2.05, 4.69) is 13.8 Å². The van der Waals surface area contributed by atoms with Crippen molar-refractivity contribution < 1.29 is 19.4 Å². The number of aliphatic hydroxyl groups excluding tert-OH is 1. The number of carbonyl (C=O) groups excluding carboxylic acids is 2. The number of benzene rings is 1. The molecule has 26 heavy (non-hydrogen) atoms. The van der Waals surface area contributed by atoms with Gasteiger partial charge in [0.1, 0.15) is 6.61 Å². The van der Waals surface area contributed by atoms with Crippen LogP contribution in [-0.2, 0) is 16.0 Å². The molecule has 1 aliphatic heterocycles. The smallest absolute Gasteiger partial charge is 0.416 e. The third-order valence-corrected chi connectivity index (χ3v) is 5.03. The van der Waals surface area contributed by atoms with Crippen molar-refractivity contribution in [3.63, 3.8) is 0 Å². The maximum atomic E-state index is 12.9. The molecular weight excluding hydrogens is 330 g/mol. The van der Waals surface area contributed by atoms with Gasteiger partial charge < -0.3 is 9.84 Å². The van der Waals surface area contributed by atoms with Crippen molar-refractivity contribution in [1.29, 1.82) is 0 Å². The Hall–Kier alpha value is -2.14. The molecule has 1 saturated heterocycles. The topological polar surface area (TPSA) is 66.8 Å². The first-order valence-electron chi connectivity index (χ1n) is 9.25. The molecule has 0 saturated carbocycles. The highest BCUT2D eigenvalue weighted by Gasteiger charge is 2.41. The molecule has 1 unspecified atom stereocenters. The van der Waals surface area contributed by atoms with Crippen LogP contribution in [0, 0.1) is 11.8 Å². The third kappa shape index (κ3) is 4.73. The number of amides is 2. The zero-order valence-electron chi connectivity index (χ0n) is 16.0. The number of imide groups is 1. The van der Waals surface area contributed by atoms with Gasteiger partial charge in [0.2, 0.25) is 5.91 Å². The molecule has 142 valence electrons. The summed E-state index contributed by atoms with van der Waals surface area (Å²) in [5.74, 6) is -0.772. The van der Waals surface area contributed by atoms with Crippen LogP contribution in [-0.4, -0.2) is 40.8 Å². The van der Waals surface area contributed by atoms with E-state index in [1.54, 1.807) is 6.92 Å². The molecule has 0 aromatic heterocycles. The van der Waals surface area contributed by atoms with Gasteiger partial charge in [-0.3, -0.25) is 4.79 Å². The fraction of sp³-hybridized carbons (Fsp3) is 0.524. The summed E-state index contributed by atoms with van der Waals surface area (Å²) in [6, 6.07) is 9.35. The molecule has 1 aromatic rings. The standard InChI is InChI=1S/C21H29NO4/c1-5-14(2)11-15(3)19(23)16(4)20(24)22-18(13-26-21(22)25)12-17-9-7-6-8-10-17/h6-11,14,16,18-19,23H,5,12-13H2,1-4H3/b15-11+/t14?,16-,18+,19-/m1/s1. The number of rotatable bonds is 7. The summed E-state index contributed by atoms with van der Waals surface area (Å²) in [5, 5.41) is 10.6. The second-order valence-corrected chi connectivity index (χ2v) is 7.16. The van der Waals surface area contributed by atoms with Gasteiger partial charge in [-0.1, -0.05) is 63.6 Å². The zero-order valence-corrected chi connectivity index (χ0v) is 16.0. The Morgan fingerprint density at radius 3 is 2.62 bits per heavy atom. The lowest BCUT2D eigenvalue weighted by Gasteiger charge is -2.26. The summed E-state index contributed by atoms with van der Waals surface area (Å²) >= 11 is 0. The minimum Gasteiger partial charge on any atom is -0.447 e. The lowest BCUT2D eigenvalue weighted by Crippen LogP contribution is -2.45. The summed E-state index contributed by atoms with van der Waals surface area (Å²) in [6.45, 7) is 7.81. The van der Waals surface area contributed by atoms with Gasteiger partial charge in [0.05, 0.1) is 18.1 Å². The predicted molar refractivity (Wildman–Crippen MR) is 101 cm³/mol. The van der Waals surface area contributed by atoms with Crippen molar-refractivity contribution in [1.82, 2.24) is 4.90 Å². The monoisotopic (exact) mass is 359 g/mol. The molecule has 0 aliphatic carbocycles. The Bertz CT molecular complexity index is 655. The number of ether oxygens (including phenoxy) is 1. The normalized spacial score (nSPS) is 21.3. The Morgan fingerprint density at radius 1 is 1.35 bits per heavy atom. The van der Waals surface area contributed by atoms with Crippen molar-refractivity contribution in [2.75, 3.05) is 6.61 Å². The van der Waals surface area contributed by atoms with Crippen LogP contribution in [0.4, 0.5) is 4.79 Å². The predicted octanol–water partition coefficient (Wildman–Crippen LogP) is 3.57. The molecule has 1 heterocycles. The molecule has 0 radical (unpaired) electrons. The summed E-state index contributed by atoms with van der Waals surface area (Å²) in [6.07, 6.45) is 1.95. The number of cyclic esters (lactones) is 1. The lowest BCUT2D eigenvalue weighted by molar-refractivity contribution is -0.135. The van der Waals surface area contributed by atoms with Gasteiger partial charge in [0, 0.05) is 0 Å². The molecular formula is C21H29NO4. The number of nitrogens with zero attached hydrogens (tertiary/aromatic N) is 1. The fourth-order valence-electron chi connectivity index (χ4n) is 3.18. The maximum Gasteiger partial charge on any atom is 0.416 e. The highest BCUT2D eigenvalue weighted by atomic mass is 16.6. The van der Waals surface area contributed by atoms with Gasteiger partial charge in [0.25, 0.3) is 0 Å². The fourth-order valence-corrected chi connectivity index (χ4v) is 3.18. The summed E-state index contributed by atoms with van der Waals surface area (Å²) in [5.41, 5.74) is 1.79. The van der Waals surface area contributed by atoms with E-state index in [0.29, 0.717) is 12.3 Å². The van der Waals surface area contributed by atoms with E-state index >= 15 is 0 Å². The summed E-state index contributed by atoms with van der Waals surface area (Å²) in [4.78, 5) is 26.2. The quantitative estimate of drug-likeness (QED) is 0.756. The molecule has 1 aliphatic rings. The van der Waals surface area contributed by atoms with Crippen LogP contribution in [0.5, 0.6) is 0 Å². The molecule has 5 nitrogen and oxygen atoms in total. The molecule has 5 heteroatoms. The van der Waals surface area contributed by atoms with Crippen LogP contribution < -0.4 is 0 Å². The molecule has 0 spiro atoms. The SMILES string of the molecule is CCC(C)/C=C(\C)[C@@H](O)[C@@H](C)C(=O)N1C(=O)OC[C@@H]1Cc1ccccc1. The number of aliphatic hydroxyl groups is 1. The van der Waals surface area contributed by atoms with E-state index in [0.717, 1.165) is 17.6 Å². The molecule has 0 bridgehead atoms. The lowest BCUT2D eigenvalue weighted by atomic mass is 9.93. The maximum absolute atomic E-state index is 12.9. The molecule has 2 rings (SSSR count). The molecule has 1 aromatic carbocycles. The van der Waals surface area contributed by atoms with Crippen LogP contribution >= 0.6 is 0 Å². The average molecular weight is 359 g/mol. The van der Waals surface area contributed by atoms with Crippen molar-refractivity contribution in [3.05, 3.63) is 47.5 Å². The molecule has 1 fully saturated rings. The largest absolute Gasteiger partial charge is 0.447 e. The van der Waals surface area contributed by atoms with E-state index in [1.165, 1.54) is 4.90 Å². The van der Waals surface area contributed by atoms with E-state index in [9.17, 15) is 14.7 Å². The van der Waals surface area contributed by atoms with Gasteiger partial charge in [-0.05, 0) is 30.4 Å². The molecule has 2 amide bonds. The van der Waals surface area contributed by atoms with Crippen LogP contribution in [0.25, 0.3) is 0 Å². The Balaban J connectivity index is 2.11. The second kappa shape index (κ2) is 8.99. The van der Waals surface area contributed by atoms with Gasteiger partial charge in [0.15, 0.2) is 0 Å². The molecule has 1 N–H and O–H groups in total. The van der Waals surface area contributed by atoms with Crippen molar-refractivity contribution in [3.8, 4) is 0 Å². The number of allylic oxidation sites excluding steroid dienone is 1. The van der Waals surface area contributed by atoms with E-state index in [-0.39, 0.29) is 12.6 Å². The minimum atomic E-state index is -0.915. The summed E-state index contributed by atoms with van der Waals surface area (Å²) in [7, 11) is 0. The van der Waals surface area contributed by atoms with Crippen molar-refractivity contribution in [2.24, 2.45) is 11.8 Å².